The Morgan fingerprint density at radius 1 is 0.259 bits per heavy atom. The Morgan fingerprint density at radius 3 is 0.448 bits per heavy atom. The molecule has 0 fully saturated rings. The van der Waals surface area contributed by atoms with Crippen LogP contribution in [0.2, 0.25) is 0 Å². The van der Waals surface area contributed by atoms with E-state index in [2.05, 4.69) is 0 Å². The third-order valence-electron chi connectivity index (χ3n) is 7.29. The molecule has 306 valence electrons. The van der Waals surface area contributed by atoms with Gasteiger partial charge in [-0.25, -0.2) is 0 Å². The first-order chi connectivity index (χ1) is 24.5. The van der Waals surface area contributed by atoms with Gasteiger partial charge in [0.1, 0.15) is 0 Å². The van der Waals surface area contributed by atoms with Crippen molar-refractivity contribution in [3.63, 3.8) is 0 Å². The smallest absolute Gasteiger partial charge is 0.811 e. The third kappa shape index (κ3) is 36.2. The second kappa shape index (κ2) is 29.9. The molecule has 0 saturated carbocycles. The molecule has 18 nitrogen and oxygen atoms in total. The summed E-state index contributed by atoms with van der Waals surface area (Å²) in [6.45, 7) is 0. The summed E-state index contributed by atoms with van der Waals surface area (Å²) in [5.74, 6) is 0. The van der Waals surface area contributed by atoms with Gasteiger partial charge in [-0.2, -0.15) is 0 Å². The minimum absolute atomic E-state index is 0. The molecule has 3 aromatic rings. The molecule has 0 aliphatic rings. The maximum Gasteiger partial charge on any atom is 3.00 e. The Hall–Kier alpha value is 0.690. The molecule has 0 bridgehead atoms. The maximum atomic E-state index is 10.6. The molecule has 0 aliphatic heterocycles. The largest absolute Gasteiger partial charge is 3.00 e. The van der Waals surface area contributed by atoms with Gasteiger partial charge in [0.2, 0.25) is 0 Å². The van der Waals surface area contributed by atoms with Crippen LogP contribution >= 0.6 is 45.6 Å². The molecule has 3 aromatic carbocycles. The predicted molar refractivity (Wildman–Crippen MR) is 199 cm³/mol. The summed E-state index contributed by atoms with van der Waals surface area (Å²) >= 11 is 0. The van der Waals surface area contributed by atoms with Gasteiger partial charge in [0.15, 0.2) is 0 Å². The summed E-state index contributed by atoms with van der Waals surface area (Å²) in [7, 11) is -27.5. The van der Waals surface area contributed by atoms with Gasteiger partial charge in [-0.3, -0.25) is 0 Å². The summed E-state index contributed by atoms with van der Waals surface area (Å²) in [5, 5.41) is 0. The van der Waals surface area contributed by atoms with E-state index in [0.29, 0.717) is 33.4 Å². The Labute approximate surface area is 380 Å². The van der Waals surface area contributed by atoms with Gasteiger partial charge in [-0.1, -0.05) is 118 Å². The molecule has 0 aromatic heterocycles. The van der Waals surface area contributed by atoms with Crippen molar-refractivity contribution in [1.29, 1.82) is 0 Å². The number of rotatable bonds is 18. The first-order valence-electron chi connectivity index (χ1n) is 15.8. The van der Waals surface area contributed by atoms with E-state index in [1.165, 1.54) is 0 Å². The quantitative estimate of drug-likeness (QED) is 0.0846. The second-order valence-corrected chi connectivity index (χ2v) is 21.8. The minimum Gasteiger partial charge on any atom is -0.811 e. The summed E-state index contributed by atoms with van der Waals surface area (Å²) in [6, 6.07) is 19.7. The Balaban J connectivity index is -0.000000364. The molecule has 28 heteroatoms. The molecule has 0 amide bonds. The molecule has 0 N–H and O–H groups in total. The molecule has 0 saturated heterocycles. The van der Waals surface area contributed by atoms with Gasteiger partial charge in [0.05, 0.1) is 0 Å². The molecule has 0 unspecified atom stereocenters. The van der Waals surface area contributed by atoms with Crippen LogP contribution in [0.25, 0.3) is 0 Å². The molecule has 3 rings (SSSR count). The van der Waals surface area contributed by atoms with Crippen molar-refractivity contribution < 1.29 is 86.1 Å². The molecule has 0 heterocycles. The van der Waals surface area contributed by atoms with E-state index in [4.69, 9.17) is 0 Å². The third-order valence-corrected chi connectivity index (χ3v) is 11.9. The van der Waals surface area contributed by atoms with Crippen LogP contribution in [0.3, 0.4) is 0 Å². The zero-order chi connectivity index (χ0) is 41.4. The standard InChI is InChI=1S/3C10H16O6P2.4Al/c3*11-17(12,13)7-5-9-3-1-2-4-10(9)6-8-18(14,15)16;;;;/h3*1-4H,5-8H2,(H2,11,12,13)(H2,14,15,16);;;;/q;;;4*+3/p-12. The topological polar surface area (TPSA) is 379 Å². The van der Waals surface area contributed by atoms with Crippen LogP contribution in [0.1, 0.15) is 33.4 Å². The zero-order valence-corrected chi connectivity index (χ0v) is 40.7. The first-order valence-corrected chi connectivity index (χ1v) is 26.2. The molecule has 0 atom stereocenters. The van der Waals surface area contributed by atoms with Crippen LogP contribution in [-0.2, 0) is 65.9 Å². The summed E-state index contributed by atoms with van der Waals surface area (Å²) in [4.78, 5) is 127. The van der Waals surface area contributed by atoms with Crippen molar-refractivity contribution in [2.24, 2.45) is 0 Å². The molecule has 0 radical (unpaired) electrons. The van der Waals surface area contributed by atoms with E-state index in [1.807, 2.05) is 0 Å². The van der Waals surface area contributed by atoms with E-state index in [-0.39, 0.29) is 108 Å². The molecular formula is C30H36Al4O18P6. The molecular weight excluding hydrogens is 942 g/mol. The van der Waals surface area contributed by atoms with Crippen molar-refractivity contribution in [3.05, 3.63) is 106 Å². The van der Waals surface area contributed by atoms with Gasteiger partial charge in [-0.15, -0.1) is 0 Å². The maximum absolute atomic E-state index is 10.6. The summed E-state index contributed by atoms with van der Waals surface area (Å²) < 4.78 is 63.4. The summed E-state index contributed by atoms with van der Waals surface area (Å²) in [6.07, 6.45) is -2.92. The number of hydrogen-bond acceptors (Lipinski definition) is 18. The fourth-order valence-electron chi connectivity index (χ4n) is 4.68. The van der Waals surface area contributed by atoms with Gasteiger partial charge < -0.3 is 86.1 Å². The second-order valence-electron chi connectivity index (χ2n) is 11.8. The van der Waals surface area contributed by atoms with E-state index in [9.17, 15) is 86.1 Å². The van der Waals surface area contributed by atoms with Crippen LogP contribution in [-0.4, -0.2) is 106 Å². The van der Waals surface area contributed by atoms with E-state index < -0.39 is 82.5 Å². The van der Waals surface area contributed by atoms with Gasteiger partial charge in [0, 0.05) is 0 Å². The SMILES string of the molecule is O=P([O-])([O-])CCc1ccccc1CCP(=O)([O-])[O-].O=P([O-])([O-])CCc1ccccc1CCP(=O)([O-])[O-].O=P([O-])([O-])CCc1ccccc1CCP(=O)([O-])[O-].[Al+3].[Al+3].[Al+3].[Al+3]. The number of benzene rings is 3. The van der Waals surface area contributed by atoms with Crippen molar-refractivity contribution in [2.45, 2.75) is 38.5 Å². The minimum atomic E-state index is -4.58. The summed E-state index contributed by atoms with van der Waals surface area (Å²) in [5.41, 5.74) is 3.49. The van der Waals surface area contributed by atoms with Crippen LogP contribution in [0, 0.1) is 0 Å². The fourth-order valence-corrected chi connectivity index (χ4v) is 7.77. The Bertz CT molecular complexity index is 1570. The van der Waals surface area contributed by atoms with Gasteiger partial charge >= 0.3 is 69.4 Å². The normalized spacial score (nSPS) is 11.8. The van der Waals surface area contributed by atoms with Gasteiger partial charge in [-0.05, 0) is 109 Å². The van der Waals surface area contributed by atoms with Crippen molar-refractivity contribution in [3.8, 4) is 0 Å². The van der Waals surface area contributed by atoms with Crippen LogP contribution in [0.5, 0.6) is 0 Å². The average Bonchev–Trinajstić information content (AvgIpc) is 3.02. The van der Waals surface area contributed by atoms with Crippen molar-refractivity contribution in [1.82, 2.24) is 0 Å². The average molecular weight is 978 g/mol. The monoisotopic (exact) mass is 978 g/mol. The van der Waals surface area contributed by atoms with Crippen LogP contribution in [0.4, 0.5) is 0 Å². The number of hydrogen-bond donors (Lipinski definition) is 0. The van der Waals surface area contributed by atoms with Crippen LogP contribution < -0.4 is 58.7 Å². The number of aryl methyl sites for hydroxylation is 6. The Kier molecular flexibility index (Phi) is 33.7. The van der Waals surface area contributed by atoms with Crippen LogP contribution in [0.15, 0.2) is 72.8 Å². The molecule has 0 spiro atoms. The van der Waals surface area contributed by atoms with Crippen molar-refractivity contribution in [2.75, 3.05) is 37.0 Å². The zero-order valence-electron chi connectivity index (χ0n) is 30.8. The predicted octanol–water partition coefficient (Wildman–Crippen LogP) is -5.73. The molecule has 58 heavy (non-hydrogen) atoms. The van der Waals surface area contributed by atoms with E-state index in [0.717, 1.165) is 0 Å². The fraction of sp³-hybridized carbons (Fsp3) is 0.400. The Morgan fingerprint density at radius 2 is 0.362 bits per heavy atom. The van der Waals surface area contributed by atoms with Crippen molar-refractivity contribution >= 4 is 115 Å². The van der Waals surface area contributed by atoms with E-state index >= 15 is 0 Å². The van der Waals surface area contributed by atoms with Gasteiger partial charge in [0.25, 0.3) is 0 Å². The van der Waals surface area contributed by atoms with E-state index in [1.54, 1.807) is 72.8 Å². The first kappa shape index (κ1) is 65.3. The molecule has 0 aliphatic carbocycles.